The van der Waals surface area contributed by atoms with Crippen molar-refractivity contribution in [2.24, 2.45) is 0 Å². The van der Waals surface area contributed by atoms with Gasteiger partial charge in [-0.15, -0.1) is 0 Å². The molecule has 1 aromatic carbocycles. The molecule has 0 saturated carbocycles. The zero-order valence-electron chi connectivity index (χ0n) is 10.3. The van der Waals surface area contributed by atoms with Crippen molar-refractivity contribution in [1.29, 1.82) is 0 Å². The van der Waals surface area contributed by atoms with E-state index in [-0.39, 0.29) is 11.9 Å². The van der Waals surface area contributed by atoms with E-state index < -0.39 is 0 Å². The average Bonchev–Trinajstić information content (AvgIpc) is 2.33. The zero-order valence-corrected chi connectivity index (χ0v) is 11.1. The maximum atomic E-state index is 13.7. The molecule has 0 spiro atoms. The molecule has 1 atom stereocenters. The summed E-state index contributed by atoms with van der Waals surface area (Å²) in [4.78, 5) is 0. The zero-order chi connectivity index (χ0) is 12.7. The van der Waals surface area contributed by atoms with Crippen LogP contribution in [-0.4, -0.2) is 19.8 Å². The lowest BCUT2D eigenvalue weighted by molar-refractivity contribution is 0.122. The van der Waals surface area contributed by atoms with Gasteiger partial charge in [0.2, 0.25) is 0 Å². The summed E-state index contributed by atoms with van der Waals surface area (Å²) >= 11 is 5.89. The summed E-state index contributed by atoms with van der Waals surface area (Å²) in [5, 5.41) is 3.81. The van der Waals surface area contributed by atoms with Gasteiger partial charge in [0.25, 0.3) is 0 Å². The fourth-order valence-electron chi connectivity index (χ4n) is 1.59. The second kappa shape index (κ2) is 7.64. The molecule has 2 nitrogen and oxygen atoms in total. The third-order valence-electron chi connectivity index (χ3n) is 2.46. The van der Waals surface area contributed by atoms with Gasteiger partial charge in [-0.1, -0.05) is 18.5 Å². The number of rotatable bonds is 7. The SMILES string of the molecule is CCCNC(COCC)c1cc(Cl)ccc1F. The molecule has 4 heteroatoms. The van der Waals surface area contributed by atoms with E-state index in [2.05, 4.69) is 12.2 Å². The van der Waals surface area contributed by atoms with Gasteiger partial charge in [0.05, 0.1) is 12.6 Å². The quantitative estimate of drug-likeness (QED) is 0.809. The van der Waals surface area contributed by atoms with E-state index in [9.17, 15) is 4.39 Å². The second-order valence-electron chi connectivity index (χ2n) is 3.83. The molecular weight excluding hydrogens is 241 g/mol. The van der Waals surface area contributed by atoms with Crippen molar-refractivity contribution in [3.63, 3.8) is 0 Å². The van der Waals surface area contributed by atoms with Crippen LogP contribution in [0.2, 0.25) is 5.02 Å². The van der Waals surface area contributed by atoms with Gasteiger partial charge in [0.15, 0.2) is 0 Å². The van der Waals surface area contributed by atoms with E-state index >= 15 is 0 Å². The van der Waals surface area contributed by atoms with Crippen LogP contribution in [0, 0.1) is 5.82 Å². The average molecular weight is 260 g/mol. The van der Waals surface area contributed by atoms with E-state index in [4.69, 9.17) is 16.3 Å². The summed E-state index contributed by atoms with van der Waals surface area (Å²) in [6, 6.07) is 4.46. The van der Waals surface area contributed by atoms with E-state index in [0.717, 1.165) is 13.0 Å². The van der Waals surface area contributed by atoms with Crippen molar-refractivity contribution in [2.75, 3.05) is 19.8 Å². The largest absolute Gasteiger partial charge is 0.380 e. The highest BCUT2D eigenvalue weighted by molar-refractivity contribution is 6.30. The minimum atomic E-state index is -0.247. The first-order valence-electron chi connectivity index (χ1n) is 5.95. The lowest BCUT2D eigenvalue weighted by Gasteiger charge is -2.19. The summed E-state index contributed by atoms with van der Waals surface area (Å²) in [6.07, 6.45) is 0.991. The fourth-order valence-corrected chi connectivity index (χ4v) is 1.78. The van der Waals surface area contributed by atoms with Crippen LogP contribution >= 0.6 is 11.6 Å². The molecule has 0 aliphatic rings. The number of hydrogen-bond donors (Lipinski definition) is 1. The monoisotopic (exact) mass is 259 g/mol. The van der Waals surface area contributed by atoms with Crippen LogP contribution in [0.4, 0.5) is 4.39 Å². The standard InChI is InChI=1S/C13H19ClFNO/c1-3-7-16-13(9-17-4-2)11-8-10(14)5-6-12(11)15/h5-6,8,13,16H,3-4,7,9H2,1-2H3. The van der Waals surface area contributed by atoms with Crippen molar-refractivity contribution in [2.45, 2.75) is 26.3 Å². The van der Waals surface area contributed by atoms with Gasteiger partial charge in [-0.05, 0) is 38.1 Å². The predicted octanol–water partition coefficient (Wildman–Crippen LogP) is 3.56. The van der Waals surface area contributed by atoms with Gasteiger partial charge >= 0.3 is 0 Å². The predicted molar refractivity (Wildman–Crippen MR) is 68.9 cm³/mol. The molecule has 1 unspecified atom stereocenters. The Kier molecular flexibility index (Phi) is 6.48. The lowest BCUT2D eigenvalue weighted by Crippen LogP contribution is -2.27. The Labute approximate surface area is 107 Å². The molecule has 17 heavy (non-hydrogen) atoms. The lowest BCUT2D eigenvalue weighted by atomic mass is 10.1. The van der Waals surface area contributed by atoms with Gasteiger partial charge in [-0.2, -0.15) is 0 Å². The van der Waals surface area contributed by atoms with Crippen LogP contribution in [0.1, 0.15) is 31.9 Å². The summed E-state index contributed by atoms with van der Waals surface area (Å²) in [7, 11) is 0. The molecule has 1 aromatic rings. The molecule has 0 radical (unpaired) electrons. The third kappa shape index (κ3) is 4.62. The molecule has 0 saturated heterocycles. The molecule has 0 amide bonds. The van der Waals surface area contributed by atoms with E-state index in [0.29, 0.717) is 23.8 Å². The van der Waals surface area contributed by atoms with Crippen molar-refractivity contribution in [3.05, 3.63) is 34.6 Å². The number of halogens is 2. The molecule has 0 aliphatic carbocycles. The maximum absolute atomic E-state index is 13.7. The Bertz CT molecular complexity index is 338. The van der Waals surface area contributed by atoms with Crippen molar-refractivity contribution in [1.82, 2.24) is 5.32 Å². The van der Waals surface area contributed by atoms with Gasteiger partial charge in [0.1, 0.15) is 5.82 Å². The van der Waals surface area contributed by atoms with Gasteiger partial charge in [-0.3, -0.25) is 0 Å². The second-order valence-corrected chi connectivity index (χ2v) is 4.27. The number of hydrogen-bond acceptors (Lipinski definition) is 2. The van der Waals surface area contributed by atoms with Crippen LogP contribution in [0.3, 0.4) is 0 Å². The van der Waals surface area contributed by atoms with Crippen molar-refractivity contribution in [3.8, 4) is 0 Å². The first kappa shape index (κ1) is 14.4. The molecule has 0 aliphatic heterocycles. The maximum Gasteiger partial charge on any atom is 0.128 e. The summed E-state index contributed by atoms with van der Waals surface area (Å²) in [5.74, 6) is -0.247. The smallest absolute Gasteiger partial charge is 0.128 e. The van der Waals surface area contributed by atoms with Gasteiger partial charge in [-0.25, -0.2) is 4.39 Å². The summed E-state index contributed by atoms with van der Waals surface area (Å²) < 4.78 is 19.1. The normalized spacial score (nSPS) is 12.7. The van der Waals surface area contributed by atoms with Crippen LogP contribution in [0.5, 0.6) is 0 Å². The highest BCUT2D eigenvalue weighted by atomic mass is 35.5. The number of ether oxygens (including phenoxy) is 1. The van der Waals surface area contributed by atoms with Crippen LogP contribution in [0.25, 0.3) is 0 Å². The summed E-state index contributed by atoms with van der Waals surface area (Å²) in [5.41, 5.74) is 0.569. The Morgan fingerprint density at radius 2 is 2.18 bits per heavy atom. The fraction of sp³-hybridized carbons (Fsp3) is 0.538. The summed E-state index contributed by atoms with van der Waals surface area (Å²) in [6.45, 7) is 5.88. The molecule has 1 N–H and O–H groups in total. The number of nitrogens with one attached hydrogen (secondary N) is 1. The molecule has 1 rings (SSSR count). The van der Waals surface area contributed by atoms with Gasteiger partial charge in [0, 0.05) is 17.2 Å². The highest BCUT2D eigenvalue weighted by Crippen LogP contribution is 2.21. The first-order valence-corrected chi connectivity index (χ1v) is 6.32. The van der Waals surface area contributed by atoms with Gasteiger partial charge < -0.3 is 10.1 Å². The molecule has 0 heterocycles. The molecule has 96 valence electrons. The van der Waals surface area contributed by atoms with Crippen LogP contribution in [0.15, 0.2) is 18.2 Å². The molecular formula is C13H19ClFNO. The van der Waals surface area contributed by atoms with E-state index in [1.165, 1.54) is 6.07 Å². The Morgan fingerprint density at radius 3 is 2.82 bits per heavy atom. The topological polar surface area (TPSA) is 21.3 Å². The Morgan fingerprint density at radius 1 is 1.41 bits per heavy atom. The highest BCUT2D eigenvalue weighted by Gasteiger charge is 2.15. The van der Waals surface area contributed by atoms with Crippen molar-refractivity contribution < 1.29 is 9.13 Å². The van der Waals surface area contributed by atoms with Crippen LogP contribution < -0.4 is 5.32 Å². The first-order chi connectivity index (χ1) is 8.19. The minimum absolute atomic E-state index is 0.145. The molecule has 0 bridgehead atoms. The van der Waals surface area contributed by atoms with Crippen LogP contribution in [-0.2, 0) is 4.74 Å². The Balaban J connectivity index is 2.82. The van der Waals surface area contributed by atoms with E-state index in [1.807, 2.05) is 6.92 Å². The number of benzene rings is 1. The van der Waals surface area contributed by atoms with E-state index in [1.54, 1.807) is 12.1 Å². The minimum Gasteiger partial charge on any atom is -0.380 e. The molecule has 0 fully saturated rings. The van der Waals surface area contributed by atoms with Crippen molar-refractivity contribution >= 4 is 11.6 Å². The molecule has 0 aromatic heterocycles. The Hall–Kier alpha value is -0.640. The third-order valence-corrected chi connectivity index (χ3v) is 2.70.